The lowest BCUT2D eigenvalue weighted by molar-refractivity contribution is -0.148. The van der Waals surface area contributed by atoms with Crippen LogP contribution in [0.25, 0.3) is 10.9 Å². The number of fused-ring (bicyclic) bond motifs is 1. The van der Waals surface area contributed by atoms with Crippen LogP contribution in [0.3, 0.4) is 0 Å². The number of aliphatic carboxylic acids is 1. The third-order valence-corrected chi connectivity index (χ3v) is 4.68. The van der Waals surface area contributed by atoms with E-state index in [1.807, 2.05) is 50.4 Å². The first-order chi connectivity index (χ1) is 13.3. The van der Waals surface area contributed by atoms with Crippen LogP contribution >= 0.6 is 0 Å². The van der Waals surface area contributed by atoms with Crippen LogP contribution in [0.1, 0.15) is 36.5 Å². The monoisotopic (exact) mass is 380 g/mol. The summed E-state index contributed by atoms with van der Waals surface area (Å²) in [6, 6.07) is 9.66. The van der Waals surface area contributed by atoms with E-state index in [2.05, 4.69) is 24.1 Å². The summed E-state index contributed by atoms with van der Waals surface area (Å²) in [6.07, 6.45) is 2.04. The number of carboxylic acid groups (broad SMARTS) is 1. The van der Waals surface area contributed by atoms with Crippen LogP contribution in [0.15, 0.2) is 36.5 Å². The fraction of sp³-hybridized carbons (Fsp3) is 0.273. The number of carbonyl (C=O) groups is 2. The molecule has 0 bridgehead atoms. The number of aromatic amines is 1. The fourth-order valence-corrected chi connectivity index (χ4v) is 3.25. The summed E-state index contributed by atoms with van der Waals surface area (Å²) in [5.41, 5.74) is 4.79. The molecule has 0 saturated heterocycles. The van der Waals surface area contributed by atoms with Gasteiger partial charge in [-0.1, -0.05) is 13.8 Å². The molecule has 0 aliphatic heterocycles. The number of H-pyrrole nitrogens is 1. The second-order valence-corrected chi connectivity index (χ2v) is 7.23. The average molecular weight is 380 g/mol. The Hall–Kier alpha value is -3.28. The van der Waals surface area contributed by atoms with Gasteiger partial charge in [0.15, 0.2) is 0 Å². The number of rotatable bonds is 7. The highest BCUT2D eigenvalue weighted by Crippen LogP contribution is 2.34. The van der Waals surface area contributed by atoms with Gasteiger partial charge < -0.3 is 20.1 Å². The number of carboxylic acids is 1. The molecule has 6 nitrogen and oxygen atoms in total. The van der Waals surface area contributed by atoms with Gasteiger partial charge in [0, 0.05) is 22.8 Å². The lowest BCUT2D eigenvalue weighted by atomic mass is 10.0. The number of hydrogen-bond acceptors (Lipinski definition) is 4. The number of ether oxygens (including phenoxy) is 1. The van der Waals surface area contributed by atoms with E-state index < -0.39 is 11.8 Å². The first-order valence-electron chi connectivity index (χ1n) is 9.16. The minimum Gasteiger partial charge on any atom is -0.475 e. The van der Waals surface area contributed by atoms with Crippen LogP contribution in [-0.4, -0.2) is 28.4 Å². The van der Waals surface area contributed by atoms with Gasteiger partial charge in [-0.25, -0.2) is 4.79 Å². The average Bonchev–Trinajstić information content (AvgIpc) is 3.06. The van der Waals surface area contributed by atoms with Crippen molar-refractivity contribution in [2.75, 3.05) is 11.9 Å². The van der Waals surface area contributed by atoms with Gasteiger partial charge in [-0.05, 0) is 66.8 Å². The summed E-state index contributed by atoms with van der Waals surface area (Å²) in [4.78, 5) is 25.2. The van der Waals surface area contributed by atoms with E-state index in [1.54, 1.807) is 0 Å². The normalized spacial score (nSPS) is 11.0. The van der Waals surface area contributed by atoms with E-state index in [0.29, 0.717) is 11.6 Å². The number of aromatic nitrogens is 1. The molecular formula is C22H24N2O4. The summed E-state index contributed by atoms with van der Waals surface area (Å²) in [7, 11) is 0. The zero-order valence-electron chi connectivity index (χ0n) is 16.4. The molecule has 0 spiro atoms. The van der Waals surface area contributed by atoms with E-state index >= 15 is 0 Å². The number of hydrogen-bond donors (Lipinski definition) is 3. The standard InChI is InChI=1S/C22H24N2O4/c1-12(2)18-10-24-19-6-5-16(9-17(18)19)28-21-13(3)7-15(8-14(21)4)23-11-20(25)22(26)27/h5-10,12,23-24H,11H2,1-4H3,(H,26,27). The summed E-state index contributed by atoms with van der Waals surface area (Å²) in [5, 5.41) is 12.7. The number of carbonyl (C=O) groups excluding carboxylic acids is 1. The first-order valence-corrected chi connectivity index (χ1v) is 9.16. The number of nitrogens with one attached hydrogen (secondary N) is 2. The fourth-order valence-electron chi connectivity index (χ4n) is 3.25. The third kappa shape index (κ3) is 4.01. The van der Waals surface area contributed by atoms with Crippen LogP contribution < -0.4 is 10.1 Å². The first kappa shape index (κ1) is 19.5. The van der Waals surface area contributed by atoms with Crippen molar-refractivity contribution in [3.05, 3.63) is 53.2 Å². The van der Waals surface area contributed by atoms with Crippen LogP contribution in [-0.2, 0) is 9.59 Å². The minimum atomic E-state index is -1.44. The number of benzene rings is 2. The summed E-state index contributed by atoms with van der Waals surface area (Å²) in [5.74, 6) is -0.414. The van der Waals surface area contributed by atoms with Crippen molar-refractivity contribution in [2.24, 2.45) is 0 Å². The van der Waals surface area contributed by atoms with Gasteiger partial charge in [-0.15, -0.1) is 0 Å². The molecule has 3 aromatic rings. The topological polar surface area (TPSA) is 91.4 Å². The molecule has 1 heterocycles. The minimum absolute atomic E-state index is 0.253. The van der Waals surface area contributed by atoms with Crippen molar-refractivity contribution in [3.8, 4) is 11.5 Å². The Balaban J connectivity index is 1.84. The Morgan fingerprint density at radius 1 is 1.14 bits per heavy atom. The third-order valence-electron chi connectivity index (χ3n) is 4.68. The molecule has 0 fully saturated rings. The second-order valence-electron chi connectivity index (χ2n) is 7.23. The van der Waals surface area contributed by atoms with Gasteiger partial charge in [-0.3, -0.25) is 4.79 Å². The van der Waals surface area contributed by atoms with E-state index in [1.165, 1.54) is 5.56 Å². The summed E-state index contributed by atoms with van der Waals surface area (Å²) in [6.45, 7) is 7.90. The summed E-state index contributed by atoms with van der Waals surface area (Å²) < 4.78 is 6.17. The Kier molecular flexibility index (Phi) is 5.40. The van der Waals surface area contributed by atoms with Crippen molar-refractivity contribution in [2.45, 2.75) is 33.6 Å². The van der Waals surface area contributed by atoms with Gasteiger partial charge in [0.05, 0.1) is 6.54 Å². The predicted molar refractivity (Wildman–Crippen MR) is 110 cm³/mol. The summed E-state index contributed by atoms with van der Waals surface area (Å²) >= 11 is 0. The van der Waals surface area contributed by atoms with Crippen molar-refractivity contribution < 1.29 is 19.4 Å². The maximum Gasteiger partial charge on any atom is 0.374 e. The highest BCUT2D eigenvalue weighted by atomic mass is 16.5. The van der Waals surface area contributed by atoms with Gasteiger partial charge in [0.1, 0.15) is 11.5 Å². The second kappa shape index (κ2) is 7.76. The highest BCUT2D eigenvalue weighted by molar-refractivity contribution is 6.34. The smallest absolute Gasteiger partial charge is 0.374 e. The Morgan fingerprint density at radius 3 is 2.43 bits per heavy atom. The zero-order valence-corrected chi connectivity index (χ0v) is 16.4. The van der Waals surface area contributed by atoms with Gasteiger partial charge >= 0.3 is 5.97 Å². The van der Waals surface area contributed by atoms with Crippen molar-refractivity contribution in [3.63, 3.8) is 0 Å². The maximum atomic E-state index is 11.3. The molecule has 0 saturated carbocycles. The van der Waals surface area contributed by atoms with Gasteiger partial charge in [-0.2, -0.15) is 0 Å². The van der Waals surface area contributed by atoms with E-state index in [9.17, 15) is 9.59 Å². The molecule has 2 aromatic carbocycles. The molecule has 6 heteroatoms. The molecule has 28 heavy (non-hydrogen) atoms. The Bertz CT molecular complexity index is 1030. The molecule has 1 aromatic heterocycles. The SMILES string of the molecule is Cc1cc(NCC(=O)C(=O)O)cc(C)c1Oc1ccc2[nH]cc(C(C)C)c2c1. The quantitative estimate of drug-likeness (QED) is 0.514. The molecule has 0 aliphatic rings. The Labute approximate surface area is 163 Å². The van der Waals surface area contributed by atoms with Gasteiger partial charge in [0.25, 0.3) is 5.78 Å². The number of Topliss-reactive ketones (excluding diaryl/α,β-unsaturated/α-hetero) is 1. The van der Waals surface area contributed by atoms with E-state index in [4.69, 9.17) is 9.84 Å². The highest BCUT2D eigenvalue weighted by Gasteiger charge is 2.13. The van der Waals surface area contributed by atoms with Crippen LogP contribution in [0.2, 0.25) is 0 Å². The Morgan fingerprint density at radius 2 is 1.82 bits per heavy atom. The largest absolute Gasteiger partial charge is 0.475 e. The number of aryl methyl sites for hydroxylation is 2. The number of ketones is 1. The van der Waals surface area contributed by atoms with Gasteiger partial charge in [0.2, 0.25) is 0 Å². The van der Waals surface area contributed by atoms with Crippen molar-refractivity contribution >= 4 is 28.3 Å². The van der Waals surface area contributed by atoms with E-state index in [0.717, 1.165) is 33.5 Å². The molecule has 0 atom stereocenters. The maximum absolute atomic E-state index is 11.3. The molecule has 3 N–H and O–H groups in total. The zero-order chi connectivity index (χ0) is 20.4. The van der Waals surface area contributed by atoms with E-state index in [-0.39, 0.29) is 6.54 Å². The molecule has 0 unspecified atom stereocenters. The predicted octanol–water partition coefficient (Wildman–Crippen LogP) is 4.77. The lowest BCUT2D eigenvalue weighted by Crippen LogP contribution is -2.22. The van der Waals surface area contributed by atoms with Crippen LogP contribution in [0, 0.1) is 13.8 Å². The molecule has 0 radical (unpaired) electrons. The molecule has 0 amide bonds. The van der Waals surface area contributed by atoms with Crippen LogP contribution in [0.4, 0.5) is 5.69 Å². The van der Waals surface area contributed by atoms with Crippen LogP contribution in [0.5, 0.6) is 11.5 Å². The number of anilines is 1. The molecular weight excluding hydrogens is 356 g/mol. The lowest BCUT2D eigenvalue weighted by Gasteiger charge is -2.15. The molecule has 3 rings (SSSR count). The van der Waals surface area contributed by atoms with Crippen molar-refractivity contribution in [1.82, 2.24) is 4.98 Å². The molecule has 0 aliphatic carbocycles. The van der Waals surface area contributed by atoms with Crippen molar-refractivity contribution in [1.29, 1.82) is 0 Å². The molecule has 146 valence electrons.